The van der Waals surface area contributed by atoms with Gasteiger partial charge in [-0.05, 0) is 18.9 Å². The standard InChI is InChI=1S/C12H16N2O5/c15-11-7-6-10(13(16)17)8-12(11,14(18)19)9-4-2-1-3-5-9/h6-9,11,15H,1-5H2. The normalized spacial score (nSPS) is 31.8. The minimum atomic E-state index is -1.75. The maximum atomic E-state index is 11.5. The quantitative estimate of drug-likeness (QED) is 0.619. The van der Waals surface area contributed by atoms with Gasteiger partial charge in [0.05, 0.1) is 11.0 Å². The number of aliphatic hydroxyl groups is 1. The molecule has 7 nitrogen and oxygen atoms in total. The van der Waals surface area contributed by atoms with Crippen LogP contribution in [0.15, 0.2) is 23.9 Å². The van der Waals surface area contributed by atoms with Crippen LogP contribution in [0.4, 0.5) is 0 Å². The Labute approximate surface area is 109 Å². The van der Waals surface area contributed by atoms with E-state index in [0.717, 1.165) is 37.5 Å². The van der Waals surface area contributed by atoms with Crippen LogP contribution in [0.2, 0.25) is 0 Å². The van der Waals surface area contributed by atoms with Crippen LogP contribution >= 0.6 is 0 Å². The largest absolute Gasteiger partial charge is 0.381 e. The van der Waals surface area contributed by atoms with E-state index in [1.807, 2.05) is 0 Å². The Morgan fingerprint density at radius 1 is 1.21 bits per heavy atom. The van der Waals surface area contributed by atoms with E-state index in [2.05, 4.69) is 0 Å². The van der Waals surface area contributed by atoms with E-state index in [1.165, 1.54) is 0 Å². The highest BCUT2D eigenvalue weighted by molar-refractivity contribution is 5.28. The van der Waals surface area contributed by atoms with Gasteiger partial charge in [-0.15, -0.1) is 0 Å². The molecule has 1 saturated carbocycles. The molecule has 0 aromatic carbocycles. The number of allylic oxidation sites excluding steroid dienone is 1. The van der Waals surface area contributed by atoms with Crippen molar-refractivity contribution in [3.05, 3.63) is 44.2 Å². The van der Waals surface area contributed by atoms with E-state index in [9.17, 15) is 25.3 Å². The van der Waals surface area contributed by atoms with Crippen molar-refractivity contribution in [3.63, 3.8) is 0 Å². The Kier molecular flexibility index (Phi) is 3.66. The number of aliphatic hydroxyl groups excluding tert-OH is 1. The molecule has 0 spiro atoms. The van der Waals surface area contributed by atoms with Crippen LogP contribution in [0.25, 0.3) is 0 Å². The third kappa shape index (κ3) is 2.25. The average Bonchev–Trinajstić information content (AvgIpc) is 2.39. The highest BCUT2D eigenvalue weighted by Gasteiger charge is 2.56. The first-order valence-electron chi connectivity index (χ1n) is 6.36. The first kappa shape index (κ1) is 13.7. The molecule has 0 heterocycles. The summed E-state index contributed by atoms with van der Waals surface area (Å²) < 4.78 is 0. The van der Waals surface area contributed by atoms with Crippen LogP contribution in [0, 0.1) is 26.1 Å². The molecule has 0 aliphatic heterocycles. The van der Waals surface area contributed by atoms with Crippen LogP contribution in [-0.2, 0) is 0 Å². The lowest BCUT2D eigenvalue weighted by Gasteiger charge is -2.36. The van der Waals surface area contributed by atoms with Gasteiger partial charge in [0.2, 0.25) is 0 Å². The van der Waals surface area contributed by atoms with E-state index in [4.69, 9.17) is 0 Å². The molecule has 2 rings (SSSR count). The molecular formula is C12H16N2O5. The van der Waals surface area contributed by atoms with Crippen molar-refractivity contribution in [2.24, 2.45) is 5.92 Å². The monoisotopic (exact) mass is 268 g/mol. The summed E-state index contributed by atoms with van der Waals surface area (Å²) in [5.74, 6) is -0.355. The Morgan fingerprint density at radius 3 is 2.37 bits per heavy atom. The zero-order valence-corrected chi connectivity index (χ0v) is 10.4. The van der Waals surface area contributed by atoms with Gasteiger partial charge in [-0.3, -0.25) is 20.2 Å². The van der Waals surface area contributed by atoms with E-state index in [0.29, 0.717) is 12.8 Å². The van der Waals surface area contributed by atoms with E-state index < -0.39 is 21.5 Å². The molecule has 0 amide bonds. The number of nitrogens with zero attached hydrogens (tertiary/aromatic N) is 2. The molecule has 19 heavy (non-hydrogen) atoms. The predicted molar refractivity (Wildman–Crippen MR) is 66.5 cm³/mol. The summed E-state index contributed by atoms with van der Waals surface area (Å²) in [5, 5.41) is 32.4. The summed E-state index contributed by atoms with van der Waals surface area (Å²) in [5.41, 5.74) is -2.06. The summed E-state index contributed by atoms with van der Waals surface area (Å²) >= 11 is 0. The number of nitro groups is 2. The molecule has 2 aliphatic rings. The lowest BCUT2D eigenvalue weighted by atomic mass is 9.70. The van der Waals surface area contributed by atoms with Gasteiger partial charge in [0.25, 0.3) is 11.2 Å². The van der Waals surface area contributed by atoms with Gasteiger partial charge in [0.15, 0.2) is 0 Å². The van der Waals surface area contributed by atoms with Gasteiger partial charge < -0.3 is 5.11 Å². The van der Waals surface area contributed by atoms with Gasteiger partial charge in [0.1, 0.15) is 6.10 Å². The molecule has 0 aromatic rings. The Balaban J connectivity index is 2.44. The van der Waals surface area contributed by atoms with Gasteiger partial charge in [-0.2, -0.15) is 0 Å². The van der Waals surface area contributed by atoms with Crippen molar-refractivity contribution in [2.45, 2.75) is 43.7 Å². The Bertz CT molecular complexity index is 453. The minimum absolute atomic E-state index is 0.312. The number of hydrogen-bond donors (Lipinski definition) is 1. The summed E-state index contributed by atoms with van der Waals surface area (Å²) in [4.78, 5) is 21.1. The summed E-state index contributed by atoms with van der Waals surface area (Å²) in [7, 11) is 0. The molecule has 2 aliphatic carbocycles. The van der Waals surface area contributed by atoms with E-state index >= 15 is 0 Å². The Hall–Kier alpha value is -1.76. The van der Waals surface area contributed by atoms with Crippen LogP contribution < -0.4 is 0 Å². The zero-order chi connectivity index (χ0) is 14.0. The second-order valence-corrected chi connectivity index (χ2v) is 5.11. The van der Waals surface area contributed by atoms with Crippen molar-refractivity contribution >= 4 is 0 Å². The lowest BCUT2D eigenvalue weighted by molar-refractivity contribution is -0.579. The SMILES string of the molecule is O=[N+]([O-])C1=CC(C2CCCCC2)([N+](=O)[O-])C(O)C=C1. The molecule has 1 fully saturated rings. The molecule has 0 bridgehead atoms. The topological polar surface area (TPSA) is 107 Å². The molecule has 1 N–H and O–H groups in total. The second kappa shape index (κ2) is 5.08. The predicted octanol–water partition coefficient (Wildman–Crippen LogP) is 1.67. The molecular weight excluding hydrogens is 252 g/mol. The third-order valence-electron chi connectivity index (χ3n) is 4.09. The van der Waals surface area contributed by atoms with Crippen LogP contribution in [0.1, 0.15) is 32.1 Å². The summed E-state index contributed by atoms with van der Waals surface area (Å²) in [6, 6.07) is 0. The van der Waals surface area contributed by atoms with E-state index in [1.54, 1.807) is 0 Å². The fourth-order valence-corrected chi connectivity index (χ4v) is 3.06. The van der Waals surface area contributed by atoms with Crippen molar-refractivity contribution in [2.75, 3.05) is 0 Å². The first-order valence-corrected chi connectivity index (χ1v) is 6.36. The van der Waals surface area contributed by atoms with Crippen LogP contribution in [-0.4, -0.2) is 26.6 Å². The molecule has 0 aromatic heterocycles. The maximum Gasteiger partial charge on any atom is 0.278 e. The fraction of sp³-hybridized carbons (Fsp3) is 0.667. The van der Waals surface area contributed by atoms with Gasteiger partial charge in [-0.1, -0.05) is 19.3 Å². The van der Waals surface area contributed by atoms with Crippen LogP contribution in [0.3, 0.4) is 0 Å². The van der Waals surface area contributed by atoms with Gasteiger partial charge >= 0.3 is 0 Å². The zero-order valence-electron chi connectivity index (χ0n) is 10.4. The smallest absolute Gasteiger partial charge is 0.278 e. The average molecular weight is 268 g/mol. The number of rotatable bonds is 3. The molecule has 104 valence electrons. The number of hydrogen-bond acceptors (Lipinski definition) is 5. The van der Waals surface area contributed by atoms with Crippen molar-refractivity contribution in [1.82, 2.24) is 0 Å². The Morgan fingerprint density at radius 2 is 1.84 bits per heavy atom. The van der Waals surface area contributed by atoms with Crippen molar-refractivity contribution in [1.29, 1.82) is 0 Å². The summed E-state index contributed by atoms with van der Waals surface area (Å²) in [6.45, 7) is 0. The fourth-order valence-electron chi connectivity index (χ4n) is 3.06. The molecule has 0 radical (unpaired) electrons. The molecule has 2 atom stereocenters. The van der Waals surface area contributed by atoms with Gasteiger partial charge in [0, 0.05) is 16.9 Å². The first-order chi connectivity index (χ1) is 8.98. The van der Waals surface area contributed by atoms with Crippen molar-refractivity contribution < 1.29 is 15.0 Å². The lowest BCUT2D eigenvalue weighted by Crippen LogP contribution is -2.54. The van der Waals surface area contributed by atoms with Crippen LogP contribution in [0.5, 0.6) is 0 Å². The highest BCUT2D eigenvalue weighted by Crippen LogP contribution is 2.40. The van der Waals surface area contributed by atoms with Gasteiger partial charge in [-0.25, -0.2) is 0 Å². The molecule has 2 unspecified atom stereocenters. The van der Waals surface area contributed by atoms with Crippen molar-refractivity contribution in [3.8, 4) is 0 Å². The third-order valence-corrected chi connectivity index (χ3v) is 4.09. The highest BCUT2D eigenvalue weighted by atomic mass is 16.6. The molecule has 0 saturated heterocycles. The minimum Gasteiger partial charge on any atom is -0.381 e. The second-order valence-electron chi connectivity index (χ2n) is 5.11. The summed E-state index contributed by atoms with van der Waals surface area (Å²) in [6.07, 6.45) is 5.99. The maximum absolute atomic E-state index is 11.5. The molecule has 7 heteroatoms. The van der Waals surface area contributed by atoms with E-state index in [-0.39, 0.29) is 11.6 Å².